The molecule has 3 nitrogen and oxygen atoms in total. The van der Waals surface area contributed by atoms with Gasteiger partial charge in [0, 0.05) is 0 Å². The third-order valence-electron chi connectivity index (χ3n) is 3.61. The summed E-state index contributed by atoms with van der Waals surface area (Å²) < 4.78 is 81.2. The van der Waals surface area contributed by atoms with Crippen LogP contribution in [-0.4, -0.2) is 0 Å². The molecular formula is C16H6F6O3. The monoisotopic (exact) mass is 360 g/mol. The highest BCUT2D eigenvalue weighted by atomic mass is 19.4. The van der Waals surface area contributed by atoms with E-state index in [2.05, 4.69) is 4.42 Å². The van der Waals surface area contributed by atoms with Crippen LogP contribution in [-0.2, 0) is 12.4 Å². The molecule has 1 heterocycles. The van der Waals surface area contributed by atoms with Gasteiger partial charge in [-0.05, 0) is 35.0 Å². The molecule has 130 valence electrons. The second kappa shape index (κ2) is 5.33. The summed E-state index contributed by atoms with van der Waals surface area (Å²) in [6.07, 6.45) is -9.48. The van der Waals surface area contributed by atoms with E-state index in [0.717, 1.165) is 12.1 Å². The van der Waals surface area contributed by atoms with E-state index in [1.165, 1.54) is 0 Å². The average molecular weight is 360 g/mol. The van der Waals surface area contributed by atoms with Gasteiger partial charge in [0.25, 0.3) is 0 Å². The van der Waals surface area contributed by atoms with Crippen LogP contribution in [0.4, 0.5) is 26.3 Å². The topological polar surface area (TPSA) is 47.3 Å². The van der Waals surface area contributed by atoms with Crippen LogP contribution in [0.15, 0.2) is 50.4 Å². The van der Waals surface area contributed by atoms with Crippen LogP contribution >= 0.6 is 0 Å². The maximum Gasteiger partial charge on any atom is 0.416 e. The number of hydrogen-bond acceptors (Lipinski definition) is 3. The minimum absolute atomic E-state index is 0.118. The zero-order valence-corrected chi connectivity index (χ0v) is 12.0. The highest BCUT2D eigenvalue weighted by Gasteiger charge is 2.32. The minimum atomic E-state index is -4.74. The van der Waals surface area contributed by atoms with Crippen LogP contribution in [0.3, 0.4) is 0 Å². The Morgan fingerprint density at radius 3 is 1.28 bits per heavy atom. The molecule has 0 aliphatic carbocycles. The molecule has 25 heavy (non-hydrogen) atoms. The molecule has 1 aromatic heterocycles. The Morgan fingerprint density at radius 1 is 0.600 bits per heavy atom. The molecule has 3 rings (SSSR count). The Kier molecular flexibility index (Phi) is 3.63. The van der Waals surface area contributed by atoms with E-state index in [1.54, 1.807) is 0 Å². The van der Waals surface area contributed by atoms with E-state index in [9.17, 15) is 35.9 Å². The lowest BCUT2D eigenvalue weighted by Crippen LogP contribution is -2.08. The summed E-state index contributed by atoms with van der Waals surface area (Å²) in [7, 11) is 0. The van der Waals surface area contributed by atoms with Gasteiger partial charge in [-0.1, -0.05) is 12.1 Å². The highest BCUT2D eigenvalue weighted by Crippen LogP contribution is 2.34. The number of fused-ring (bicyclic) bond motifs is 3. The van der Waals surface area contributed by atoms with Crippen molar-refractivity contribution in [1.82, 2.24) is 0 Å². The molecule has 0 saturated heterocycles. The molecule has 0 aliphatic rings. The van der Waals surface area contributed by atoms with Gasteiger partial charge >= 0.3 is 23.6 Å². The molecule has 2 aromatic carbocycles. The van der Waals surface area contributed by atoms with Crippen molar-refractivity contribution in [2.45, 2.75) is 12.4 Å². The summed E-state index contributed by atoms with van der Waals surface area (Å²) in [5.41, 5.74) is -5.02. The Balaban J connectivity index is 2.50. The summed E-state index contributed by atoms with van der Waals surface area (Å²) in [5, 5.41) is -1.34. The van der Waals surface area contributed by atoms with Gasteiger partial charge in [-0.15, -0.1) is 0 Å². The summed E-state index contributed by atoms with van der Waals surface area (Å²) in [6.45, 7) is 0. The molecule has 0 saturated carbocycles. The van der Waals surface area contributed by atoms with Crippen molar-refractivity contribution in [3.8, 4) is 0 Å². The molecular weight excluding hydrogens is 354 g/mol. The first kappa shape index (κ1) is 17.0. The number of hydrogen-bond donors (Lipinski definition) is 0. The van der Waals surface area contributed by atoms with Crippen molar-refractivity contribution < 1.29 is 30.8 Å². The highest BCUT2D eigenvalue weighted by molar-refractivity contribution is 6.05. The fraction of sp³-hybridized carbons (Fsp3) is 0.125. The Morgan fingerprint density at radius 2 is 0.960 bits per heavy atom. The number of alkyl halides is 6. The molecule has 0 fully saturated rings. The summed E-state index contributed by atoms with van der Waals surface area (Å²) in [4.78, 5) is 23.8. The summed E-state index contributed by atoms with van der Waals surface area (Å²) in [5.74, 6) is 0. The van der Waals surface area contributed by atoms with Crippen LogP contribution in [0.5, 0.6) is 0 Å². The number of rotatable bonds is 0. The van der Waals surface area contributed by atoms with Gasteiger partial charge in [0.2, 0.25) is 0 Å². The minimum Gasteiger partial charge on any atom is -0.386 e. The maximum atomic E-state index is 12.8. The predicted molar refractivity (Wildman–Crippen MR) is 76.3 cm³/mol. The van der Waals surface area contributed by atoms with Crippen molar-refractivity contribution in [3.63, 3.8) is 0 Å². The predicted octanol–water partition coefficient (Wildman–Crippen LogP) is 4.34. The normalized spacial score (nSPS) is 12.7. The fourth-order valence-electron chi connectivity index (χ4n) is 2.44. The van der Waals surface area contributed by atoms with Crippen LogP contribution in [0.2, 0.25) is 0 Å². The molecule has 0 spiro atoms. The van der Waals surface area contributed by atoms with Crippen LogP contribution in [0.1, 0.15) is 11.1 Å². The van der Waals surface area contributed by atoms with Crippen LogP contribution in [0.25, 0.3) is 21.5 Å². The number of benzene rings is 2. The Bertz CT molecular complexity index is 1020. The SMILES string of the molecule is O=c1oc(=O)c2cc(C(F)(F)F)ccc2c2ccc(C(F)(F)F)cc12. The van der Waals surface area contributed by atoms with Gasteiger partial charge in [-0.2, -0.15) is 26.3 Å². The largest absolute Gasteiger partial charge is 0.416 e. The first-order valence-electron chi connectivity index (χ1n) is 6.68. The van der Waals surface area contributed by atoms with Gasteiger partial charge in [-0.25, -0.2) is 9.59 Å². The zero-order valence-electron chi connectivity index (χ0n) is 12.0. The van der Waals surface area contributed by atoms with Crippen molar-refractivity contribution in [1.29, 1.82) is 0 Å². The van der Waals surface area contributed by atoms with Gasteiger partial charge in [-0.3, -0.25) is 0 Å². The van der Waals surface area contributed by atoms with Crippen molar-refractivity contribution in [3.05, 3.63) is 68.4 Å². The molecule has 9 heteroatoms. The molecule has 0 amide bonds. The lowest BCUT2D eigenvalue weighted by molar-refractivity contribution is -0.138. The smallest absolute Gasteiger partial charge is 0.386 e. The number of halogens is 6. The summed E-state index contributed by atoms with van der Waals surface area (Å²) in [6, 6.07) is 4.18. The van der Waals surface area contributed by atoms with E-state index in [1.807, 2.05) is 0 Å². The average Bonchev–Trinajstić information content (AvgIpc) is 2.61. The molecule has 0 unspecified atom stereocenters. The van der Waals surface area contributed by atoms with Gasteiger partial charge < -0.3 is 4.42 Å². The fourth-order valence-corrected chi connectivity index (χ4v) is 2.44. The van der Waals surface area contributed by atoms with Gasteiger partial charge in [0.15, 0.2) is 0 Å². The van der Waals surface area contributed by atoms with E-state index >= 15 is 0 Å². The molecule has 0 N–H and O–H groups in total. The van der Waals surface area contributed by atoms with Crippen LogP contribution in [0, 0.1) is 0 Å². The lowest BCUT2D eigenvalue weighted by Gasteiger charge is -2.08. The maximum absolute atomic E-state index is 12.8. The summed E-state index contributed by atoms with van der Waals surface area (Å²) >= 11 is 0. The van der Waals surface area contributed by atoms with Gasteiger partial charge in [0.1, 0.15) is 0 Å². The van der Waals surface area contributed by atoms with E-state index in [4.69, 9.17) is 0 Å². The van der Waals surface area contributed by atoms with Gasteiger partial charge in [0.05, 0.1) is 21.9 Å². The molecule has 0 aliphatic heterocycles. The van der Waals surface area contributed by atoms with E-state index in [-0.39, 0.29) is 10.8 Å². The first-order chi connectivity index (χ1) is 11.5. The van der Waals surface area contributed by atoms with Crippen molar-refractivity contribution in [2.75, 3.05) is 0 Å². The molecule has 0 atom stereocenters. The molecule has 3 aromatic rings. The van der Waals surface area contributed by atoms with Crippen LogP contribution < -0.4 is 11.3 Å². The quantitative estimate of drug-likeness (QED) is 0.560. The zero-order chi connectivity index (χ0) is 18.6. The Labute approximate surface area is 134 Å². The molecule has 0 radical (unpaired) electrons. The third kappa shape index (κ3) is 2.97. The van der Waals surface area contributed by atoms with Crippen molar-refractivity contribution >= 4 is 21.5 Å². The third-order valence-corrected chi connectivity index (χ3v) is 3.61. The Hall–Kier alpha value is -2.84. The second-order valence-electron chi connectivity index (χ2n) is 5.19. The second-order valence-corrected chi connectivity index (χ2v) is 5.19. The molecule has 0 bridgehead atoms. The van der Waals surface area contributed by atoms with E-state index in [0.29, 0.717) is 24.3 Å². The standard InChI is InChI=1S/C16H6F6O3/c17-15(18,19)7-1-3-9-10-4-2-8(16(20,21)22)6-12(10)14(24)25-13(23)11(9)5-7/h1-6H. The van der Waals surface area contributed by atoms with E-state index < -0.39 is 45.5 Å². The first-order valence-corrected chi connectivity index (χ1v) is 6.68. The lowest BCUT2D eigenvalue weighted by atomic mass is 10.0. The van der Waals surface area contributed by atoms with Crippen molar-refractivity contribution in [2.24, 2.45) is 0 Å².